The van der Waals surface area contributed by atoms with Crippen molar-refractivity contribution in [2.24, 2.45) is 5.73 Å². The minimum absolute atomic E-state index is 0.300. The molecule has 3 nitrogen and oxygen atoms in total. The highest BCUT2D eigenvalue weighted by molar-refractivity contribution is 9.10. The van der Waals surface area contributed by atoms with Gasteiger partial charge in [-0.15, -0.1) is 0 Å². The third-order valence-electron chi connectivity index (χ3n) is 3.05. The van der Waals surface area contributed by atoms with Gasteiger partial charge in [0.15, 0.2) is 0 Å². The van der Waals surface area contributed by atoms with Crippen LogP contribution in [0.4, 0.5) is 5.69 Å². The van der Waals surface area contributed by atoms with Gasteiger partial charge in [-0.25, -0.2) is 0 Å². The van der Waals surface area contributed by atoms with E-state index in [1.807, 2.05) is 30.3 Å². The van der Waals surface area contributed by atoms with Gasteiger partial charge in [-0.2, -0.15) is 0 Å². The Morgan fingerprint density at radius 3 is 2.90 bits per heavy atom. The summed E-state index contributed by atoms with van der Waals surface area (Å²) >= 11 is 8.53. The van der Waals surface area contributed by atoms with Crippen molar-refractivity contribution in [3.8, 4) is 0 Å². The van der Waals surface area contributed by atoms with Crippen LogP contribution >= 0.6 is 28.1 Å². The molecule has 3 N–H and O–H groups in total. The first-order valence-electron chi connectivity index (χ1n) is 6.44. The molecule has 1 unspecified atom stereocenters. The maximum absolute atomic E-state index is 5.77. The Balaban J connectivity index is 2.00. The molecule has 0 amide bonds. The fourth-order valence-electron chi connectivity index (χ4n) is 2.00. The number of aryl methyl sites for hydroxylation is 1. The predicted octanol–water partition coefficient (Wildman–Crippen LogP) is 4.11. The zero-order chi connectivity index (χ0) is 14.5. The quantitative estimate of drug-likeness (QED) is 0.768. The van der Waals surface area contributed by atoms with Gasteiger partial charge in [0.1, 0.15) is 10.7 Å². The van der Waals surface area contributed by atoms with Crippen LogP contribution in [-0.4, -0.2) is 11.0 Å². The molecule has 0 spiro atoms. The lowest BCUT2D eigenvalue weighted by molar-refractivity contribution is 0.495. The fourth-order valence-corrected chi connectivity index (χ4v) is 2.53. The van der Waals surface area contributed by atoms with E-state index in [0.29, 0.717) is 11.0 Å². The van der Waals surface area contributed by atoms with Crippen molar-refractivity contribution in [3.63, 3.8) is 0 Å². The molecule has 1 aromatic carbocycles. The fraction of sp³-hybridized carbons (Fsp3) is 0.267. The number of hydrogen-bond acceptors (Lipinski definition) is 3. The molecule has 106 valence electrons. The molecule has 0 aliphatic carbocycles. The van der Waals surface area contributed by atoms with Gasteiger partial charge in [0.25, 0.3) is 0 Å². The Kier molecular flexibility index (Phi) is 5.20. The molecular weight excluding hydrogens is 336 g/mol. The lowest BCUT2D eigenvalue weighted by Crippen LogP contribution is -2.20. The van der Waals surface area contributed by atoms with E-state index in [1.165, 1.54) is 0 Å². The predicted molar refractivity (Wildman–Crippen MR) is 90.1 cm³/mol. The summed E-state index contributed by atoms with van der Waals surface area (Å²) < 4.78 is 6.30. The molecule has 0 saturated carbocycles. The number of nitrogens with one attached hydrogen (secondary N) is 1. The molecule has 2 rings (SSSR count). The number of anilines is 1. The third-order valence-corrected chi connectivity index (χ3v) is 3.77. The van der Waals surface area contributed by atoms with Crippen molar-refractivity contribution in [2.75, 3.05) is 5.32 Å². The van der Waals surface area contributed by atoms with Gasteiger partial charge in [-0.3, -0.25) is 0 Å². The molecule has 0 aliphatic rings. The van der Waals surface area contributed by atoms with E-state index in [2.05, 4.69) is 28.2 Å². The molecular formula is C15H17BrN2OS. The average molecular weight is 353 g/mol. The molecule has 1 aromatic heterocycles. The van der Waals surface area contributed by atoms with Crippen LogP contribution in [0.3, 0.4) is 0 Å². The topological polar surface area (TPSA) is 51.2 Å². The summed E-state index contributed by atoms with van der Waals surface area (Å²) in [6.45, 7) is 2.13. The number of nitrogens with two attached hydrogens (primary N) is 1. The van der Waals surface area contributed by atoms with Crippen molar-refractivity contribution >= 4 is 38.8 Å². The van der Waals surface area contributed by atoms with Gasteiger partial charge in [0.2, 0.25) is 0 Å². The first kappa shape index (κ1) is 15.1. The lowest BCUT2D eigenvalue weighted by Gasteiger charge is -2.17. The minimum atomic E-state index is 0.300. The van der Waals surface area contributed by atoms with E-state index in [1.54, 1.807) is 6.26 Å². The maximum atomic E-state index is 5.77. The van der Waals surface area contributed by atoms with Crippen molar-refractivity contribution < 1.29 is 4.42 Å². The first-order chi connectivity index (χ1) is 9.56. The van der Waals surface area contributed by atoms with Crippen molar-refractivity contribution in [2.45, 2.75) is 25.8 Å². The summed E-state index contributed by atoms with van der Waals surface area (Å²) in [5.41, 5.74) is 7.59. The molecule has 0 bridgehead atoms. The summed E-state index contributed by atoms with van der Waals surface area (Å²) in [6, 6.07) is 10.1. The van der Waals surface area contributed by atoms with Crippen LogP contribution in [0.5, 0.6) is 0 Å². The molecule has 2 aromatic rings. The van der Waals surface area contributed by atoms with Gasteiger partial charge < -0.3 is 15.5 Å². The molecule has 1 atom stereocenters. The van der Waals surface area contributed by atoms with Crippen LogP contribution in [0.15, 0.2) is 45.5 Å². The summed E-state index contributed by atoms with van der Waals surface area (Å²) in [5.74, 6) is 1.00. The summed E-state index contributed by atoms with van der Waals surface area (Å²) in [4.78, 5) is 0.395. The smallest absolute Gasteiger partial charge is 0.106 e. The number of furan rings is 1. The van der Waals surface area contributed by atoms with Crippen LogP contribution < -0.4 is 11.1 Å². The molecule has 0 saturated heterocycles. The maximum Gasteiger partial charge on any atom is 0.106 e. The Morgan fingerprint density at radius 1 is 1.45 bits per heavy atom. The van der Waals surface area contributed by atoms with Crippen LogP contribution in [0, 0.1) is 0 Å². The van der Waals surface area contributed by atoms with E-state index < -0.39 is 0 Å². The van der Waals surface area contributed by atoms with Gasteiger partial charge in [0, 0.05) is 28.2 Å². The molecule has 5 heteroatoms. The largest absolute Gasteiger partial charge is 0.469 e. The Morgan fingerprint density at radius 2 is 2.25 bits per heavy atom. The van der Waals surface area contributed by atoms with E-state index >= 15 is 0 Å². The zero-order valence-electron chi connectivity index (χ0n) is 11.2. The molecule has 0 aliphatic heterocycles. The van der Waals surface area contributed by atoms with Crippen molar-refractivity contribution in [3.05, 3.63) is 52.4 Å². The van der Waals surface area contributed by atoms with Crippen LogP contribution in [0.25, 0.3) is 0 Å². The van der Waals surface area contributed by atoms with E-state index in [4.69, 9.17) is 22.4 Å². The SMILES string of the molecule is CC(CCc1ccco1)Nc1ccc(Br)cc1C(N)=S. The lowest BCUT2D eigenvalue weighted by atomic mass is 10.1. The van der Waals surface area contributed by atoms with Crippen molar-refractivity contribution in [1.82, 2.24) is 0 Å². The highest BCUT2D eigenvalue weighted by atomic mass is 79.9. The second kappa shape index (κ2) is 6.90. The monoisotopic (exact) mass is 352 g/mol. The third kappa shape index (κ3) is 4.08. The number of halogens is 1. The van der Waals surface area contributed by atoms with Gasteiger partial charge >= 0.3 is 0 Å². The number of thiocarbonyl (C=S) groups is 1. The normalized spacial score (nSPS) is 12.1. The number of rotatable bonds is 6. The Bertz CT molecular complexity index is 584. The molecule has 20 heavy (non-hydrogen) atoms. The number of hydrogen-bond donors (Lipinski definition) is 2. The highest BCUT2D eigenvalue weighted by Crippen LogP contribution is 2.22. The highest BCUT2D eigenvalue weighted by Gasteiger charge is 2.09. The number of benzene rings is 1. The Hall–Kier alpha value is -1.33. The zero-order valence-corrected chi connectivity index (χ0v) is 13.6. The average Bonchev–Trinajstić information content (AvgIpc) is 2.91. The summed E-state index contributed by atoms with van der Waals surface area (Å²) in [6.07, 6.45) is 3.58. The van der Waals surface area contributed by atoms with Gasteiger partial charge in [0.05, 0.1) is 6.26 Å². The molecule has 1 heterocycles. The minimum Gasteiger partial charge on any atom is -0.469 e. The standard InChI is InChI=1S/C15H17BrN2OS/c1-10(4-6-12-3-2-8-19-12)18-14-7-5-11(16)9-13(14)15(17)20/h2-3,5,7-10,18H,4,6H2,1H3,(H2,17,20). The second-order valence-electron chi connectivity index (χ2n) is 4.72. The first-order valence-corrected chi connectivity index (χ1v) is 7.64. The van der Waals surface area contributed by atoms with E-state index in [0.717, 1.165) is 34.3 Å². The van der Waals surface area contributed by atoms with Crippen LogP contribution in [-0.2, 0) is 6.42 Å². The summed E-state index contributed by atoms with van der Waals surface area (Å²) in [5, 5.41) is 3.45. The van der Waals surface area contributed by atoms with Crippen LogP contribution in [0.1, 0.15) is 24.7 Å². The van der Waals surface area contributed by atoms with Crippen molar-refractivity contribution in [1.29, 1.82) is 0 Å². The summed E-state index contributed by atoms with van der Waals surface area (Å²) in [7, 11) is 0. The second-order valence-corrected chi connectivity index (χ2v) is 6.07. The van der Waals surface area contributed by atoms with Gasteiger partial charge in [-0.05, 0) is 43.7 Å². The molecule has 0 radical (unpaired) electrons. The Labute approximate surface area is 132 Å². The van der Waals surface area contributed by atoms with E-state index in [9.17, 15) is 0 Å². The van der Waals surface area contributed by atoms with E-state index in [-0.39, 0.29) is 0 Å². The molecule has 0 fully saturated rings. The van der Waals surface area contributed by atoms with Gasteiger partial charge in [-0.1, -0.05) is 28.1 Å². The van der Waals surface area contributed by atoms with Crippen LogP contribution in [0.2, 0.25) is 0 Å².